The summed E-state index contributed by atoms with van der Waals surface area (Å²) in [6.45, 7) is 6.31. The minimum absolute atomic E-state index is 0.123. The van der Waals surface area contributed by atoms with Crippen LogP contribution in [-0.4, -0.2) is 54.1 Å². The Balaban J connectivity index is 1.06. The third kappa shape index (κ3) is 5.35. The minimum atomic E-state index is 0.123. The summed E-state index contributed by atoms with van der Waals surface area (Å²) >= 11 is 0. The van der Waals surface area contributed by atoms with Crippen LogP contribution in [0.5, 0.6) is 0 Å². The van der Waals surface area contributed by atoms with Crippen molar-refractivity contribution in [2.75, 3.05) is 41.3 Å². The summed E-state index contributed by atoms with van der Waals surface area (Å²) in [5, 5.41) is 8.10. The lowest BCUT2D eigenvalue weighted by atomic mass is 9.71. The van der Waals surface area contributed by atoms with E-state index in [2.05, 4.69) is 49.8 Å². The highest BCUT2D eigenvalue weighted by atomic mass is 16.2. The highest BCUT2D eigenvalue weighted by Gasteiger charge is 2.35. The molecule has 200 valence electrons. The number of aromatic nitrogens is 2. The molecule has 1 amide bonds. The molecule has 2 aliphatic heterocycles. The summed E-state index contributed by atoms with van der Waals surface area (Å²) in [6, 6.07) is 17.4. The highest BCUT2D eigenvalue weighted by molar-refractivity contribution is 5.92. The Hall–Kier alpha value is -3.19. The van der Waals surface area contributed by atoms with Gasteiger partial charge in [-0.15, -0.1) is 0 Å². The van der Waals surface area contributed by atoms with Crippen LogP contribution in [0.2, 0.25) is 0 Å². The monoisotopic (exact) mass is 512 g/mol. The van der Waals surface area contributed by atoms with E-state index in [9.17, 15) is 4.79 Å². The number of para-hydroxylation sites is 1. The molecular weight excluding hydrogens is 472 g/mol. The van der Waals surface area contributed by atoms with Crippen LogP contribution in [0.3, 0.4) is 0 Å². The van der Waals surface area contributed by atoms with Gasteiger partial charge in [0, 0.05) is 55.1 Å². The Kier molecular flexibility index (Phi) is 7.20. The summed E-state index contributed by atoms with van der Waals surface area (Å²) < 4.78 is 0. The van der Waals surface area contributed by atoms with E-state index < -0.39 is 0 Å². The van der Waals surface area contributed by atoms with Crippen molar-refractivity contribution >= 4 is 34.1 Å². The van der Waals surface area contributed by atoms with Crippen LogP contribution in [0.15, 0.2) is 54.7 Å². The molecule has 3 fully saturated rings. The van der Waals surface area contributed by atoms with Gasteiger partial charge in [-0.2, -0.15) is 0 Å². The molecule has 3 aliphatic rings. The number of nitrogens with zero attached hydrogens (tertiary/aromatic N) is 4. The van der Waals surface area contributed by atoms with Gasteiger partial charge in [-0.3, -0.25) is 4.79 Å². The standard InChI is InChI=1S/C31H40N6O/c1-23(38)37(27-8-6-25(7-9-27)34-30-33-22-24-4-2-3-5-29(24)35-30)28-12-10-26(11-13-28)36-20-16-31(17-21-36)14-18-32-19-15-31/h2-5,10-13,22,25,27,32H,6-9,14-21H2,1H3,(H,33,34,35). The predicted octanol–water partition coefficient (Wildman–Crippen LogP) is 5.38. The summed E-state index contributed by atoms with van der Waals surface area (Å²) in [5.41, 5.74) is 3.81. The number of benzene rings is 2. The number of anilines is 3. The van der Waals surface area contributed by atoms with Gasteiger partial charge in [0.15, 0.2) is 0 Å². The number of hydrogen-bond acceptors (Lipinski definition) is 6. The molecular formula is C31H40N6O. The second-order valence-electron chi connectivity index (χ2n) is 11.5. The van der Waals surface area contributed by atoms with Crippen molar-refractivity contribution in [1.29, 1.82) is 0 Å². The highest BCUT2D eigenvalue weighted by Crippen LogP contribution is 2.41. The van der Waals surface area contributed by atoms with E-state index in [1.807, 2.05) is 35.4 Å². The first-order valence-corrected chi connectivity index (χ1v) is 14.4. The molecule has 38 heavy (non-hydrogen) atoms. The van der Waals surface area contributed by atoms with Crippen LogP contribution in [0.4, 0.5) is 17.3 Å². The molecule has 7 heteroatoms. The molecule has 3 heterocycles. The molecule has 0 radical (unpaired) electrons. The summed E-state index contributed by atoms with van der Waals surface area (Å²) in [4.78, 5) is 26.5. The third-order valence-corrected chi connectivity index (χ3v) is 9.20. The largest absolute Gasteiger partial charge is 0.371 e. The van der Waals surface area contributed by atoms with Crippen molar-refractivity contribution in [3.8, 4) is 0 Å². The molecule has 1 saturated carbocycles. The number of piperidine rings is 2. The number of fused-ring (bicyclic) bond motifs is 1. The molecule has 6 rings (SSSR count). The summed E-state index contributed by atoms with van der Waals surface area (Å²) in [5.74, 6) is 0.813. The van der Waals surface area contributed by atoms with Crippen molar-refractivity contribution < 1.29 is 4.79 Å². The zero-order valence-electron chi connectivity index (χ0n) is 22.5. The van der Waals surface area contributed by atoms with Crippen molar-refractivity contribution in [3.05, 3.63) is 54.7 Å². The molecule has 0 unspecified atom stereocenters. The normalized spacial score (nSPS) is 23.3. The maximum Gasteiger partial charge on any atom is 0.224 e. The van der Waals surface area contributed by atoms with Gasteiger partial charge in [-0.05, 0) is 100 Å². The molecule has 1 aromatic heterocycles. The average molecular weight is 513 g/mol. The quantitative estimate of drug-likeness (QED) is 0.478. The van der Waals surface area contributed by atoms with Gasteiger partial charge in [0.1, 0.15) is 0 Å². The summed E-state index contributed by atoms with van der Waals surface area (Å²) in [6.07, 6.45) is 11.0. The topological polar surface area (TPSA) is 73.4 Å². The zero-order valence-corrected chi connectivity index (χ0v) is 22.5. The van der Waals surface area contributed by atoms with Crippen molar-refractivity contribution in [2.45, 2.75) is 70.4 Å². The Morgan fingerprint density at radius 1 is 0.974 bits per heavy atom. The molecule has 2 aromatic carbocycles. The van der Waals surface area contributed by atoms with E-state index in [1.54, 1.807) is 6.92 Å². The van der Waals surface area contributed by atoms with Crippen molar-refractivity contribution in [1.82, 2.24) is 15.3 Å². The number of carbonyl (C=O) groups excluding carboxylic acids is 1. The minimum Gasteiger partial charge on any atom is -0.371 e. The number of rotatable bonds is 5. The first-order chi connectivity index (χ1) is 18.6. The van der Waals surface area contributed by atoms with Gasteiger partial charge in [-0.25, -0.2) is 9.97 Å². The van der Waals surface area contributed by atoms with Crippen LogP contribution < -0.4 is 20.4 Å². The number of hydrogen-bond donors (Lipinski definition) is 2. The van der Waals surface area contributed by atoms with Gasteiger partial charge in [0.25, 0.3) is 0 Å². The molecule has 3 aromatic rings. The van der Waals surface area contributed by atoms with E-state index in [0.717, 1.165) is 55.4 Å². The van der Waals surface area contributed by atoms with Crippen LogP contribution in [-0.2, 0) is 4.79 Å². The number of carbonyl (C=O) groups is 1. The lowest BCUT2D eigenvalue weighted by Gasteiger charge is -2.45. The Bertz CT molecular complexity index is 1240. The maximum absolute atomic E-state index is 12.8. The van der Waals surface area contributed by atoms with Crippen LogP contribution in [0.1, 0.15) is 58.3 Å². The third-order valence-electron chi connectivity index (χ3n) is 9.20. The smallest absolute Gasteiger partial charge is 0.224 e. The molecule has 0 atom stereocenters. The van der Waals surface area contributed by atoms with E-state index in [1.165, 1.54) is 44.5 Å². The SMILES string of the molecule is CC(=O)N(c1ccc(N2CCC3(CCNCC3)CC2)cc1)C1CCC(Nc2ncc3ccccc3n2)CC1. The van der Waals surface area contributed by atoms with Crippen LogP contribution in [0, 0.1) is 5.41 Å². The second-order valence-corrected chi connectivity index (χ2v) is 11.5. The fourth-order valence-corrected chi connectivity index (χ4v) is 6.87. The fourth-order valence-electron chi connectivity index (χ4n) is 6.87. The predicted molar refractivity (Wildman–Crippen MR) is 155 cm³/mol. The van der Waals surface area contributed by atoms with Gasteiger partial charge in [0.05, 0.1) is 5.52 Å². The van der Waals surface area contributed by atoms with Gasteiger partial charge >= 0.3 is 0 Å². The first-order valence-electron chi connectivity index (χ1n) is 14.4. The van der Waals surface area contributed by atoms with E-state index in [4.69, 9.17) is 0 Å². The Labute approximate surface area is 226 Å². The van der Waals surface area contributed by atoms with E-state index in [-0.39, 0.29) is 11.9 Å². The molecule has 0 bridgehead atoms. The number of nitrogens with one attached hydrogen (secondary N) is 2. The van der Waals surface area contributed by atoms with Crippen LogP contribution >= 0.6 is 0 Å². The number of amides is 1. The van der Waals surface area contributed by atoms with Gasteiger partial charge in [0.2, 0.25) is 11.9 Å². The van der Waals surface area contributed by atoms with Crippen molar-refractivity contribution in [3.63, 3.8) is 0 Å². The summed E-state index contributed by atoms with van der Waals surface area (Å²) in [7, 11) is 0. The molecule has 2 N–H and O–H groups in total. The molecule has 2 saturated heterocycles. The Morgan fingerprint density at radius 2 is 1.68 bits per heavy atom. The van der Waals surface area contributed by atoms with Gasteiger partial charge in [-0.1, -0.05) is 18.2 Å². The molecule has 1 spiro atoms. The van der Waals surface area contributed by atoms with E-state index >= 15 is 0 Å². The molecule has 7 nitrogen and oxygen atoms in total. The molecule has 1 aliphatic carbocycles. The van der Waals surface area contributed by atoms with Crippen molar-refractivity contribution in [2.24, 2.45) is 5.41 Å². The van der Waals surface area contributed by atoms with E-state index in [0.29, 0.717) is 17.4 Å². The lowest BCUT2D eigenvalue weighted by molar-refractivity contribution is -0.117. The first kappa shape index (κ1) is 25.1. The maximum atomic E-state index is 12.8. The lowest BCUT2D eigenvalue weighted by Crippen LogP contribution is -2.45. The average Bonchev–Trinajstić information content (AvgIpc) is 2.95. The second kappa shape index (κ2) is 10.9. The zero-order chi connectivity index (χ0) is 26.0. The fraction of sp³-hybridized carbons (Fsp3) is 0.516. The van der Waals surface area contributed by atoms with Crippen LogP contribution in [0.25, 0.3) is 10.9 Å². The Morgan fingerprint density at radius 3 is 2.39 bits per heavy atom. The van der Waals surface area contributed by atoms with Gasteiger partial charge < -0.3 is 20.4 Å².